The second-order valence-electron chi connectivity index (χ2n) is 6.14. The molecule has 0 bridgehead atoms. The highest BCUT2D eigenvalue weighted by Crippen LogP contribution is 2.38. The topological polar surface area (TPSA) is 47.3 Å². The molecule has 27 heavy (non-hydrogen) atoms. The number of furan rings is 1. The maximum Gasteiger partial charge on any atom is 0.178 e. The predicted molar refractivity (Wildman–Crippen MR) is 112 cm³/mol. The van der Waals surface area contributed by atoms with E-state index >= 15 is 0 Å². The van der Waals surface area contributed by atoms with Gasteiger partial charge in [-0.15, -0.1) is 0 Å². The average molecular weight is 407 g/mol. The molecule has 1 heterocycles. The summed E-state index contributed by atoms with van der Waals surface area (Å²) in [7, 11) is -3.63. The Kier molecular flexibility index (Phi) is 6.89. The molecule has 3 rings (SSSR count). The van der Waals surface area contributed by atoms with Crippen molar-refractivity contribution in [1.29, 1.82) is 0 Å². The Morgan fingerprint density at radius 2 is 1.56 bits per heavy atom. The van der Waals surface area contributed by atoms with Crippen LogP contribution in [0, 0.1) is 19.7 Å². The van der Waals surface area contributed by atoms with Gasteiger partial charge in [-0.3, -0.25) is 0 Å². The van der Waals surface area contributed by atoms with Gasteiger partial charge in [0.15, 0.2) is 9.84 Å². The minimum atomic E-state index is -3.63. The van der Waals surface area contributed by atoms with Gasteiger partial charge in [-0.1, -0.05) is 37.3 Å². The Morgan fingerprint density at radius 3 is 2.11 bits per heavy atom. The van der Waals surface area contributed by atoms with E-state index in [0.717, 1.165) is 34.3 Å². The van der Waals surface area contributed by atoms with Crippen LogP contribution in [0.4, 0.5) is 4.39 Å². The van der Waals surface area contributed by atoms with Gasteiger partial charge in [0.05, 0.1) is 12.5 Å². The monoisotopic (exact) mass is 406 g/mol. The Bertz CT molecular complexity index is 1020. The number of rotatable bonds is 3. The summed E-state index contributed by atoms with van der Waals surface area (Å²) in [4.78, 5) is -0.242. The van der Waals surface area contributed by atoms with Crippen molar-refractivity contribution in [3.63, 3.8) is 0 Å². The lowest BCUT2D eigenvalue weighted by atomic mass is 9.93. The molecule has 0 aliphatic rings. The molecule has 0 saturated carbocycles. The maximum absolute atomic E-state index is 14.5. The molecule has 0 amide bonds. The Hall–Kier alpha value is -2.05. The fraction of sp³-hybridized carbons (Fsp3) is 0.238. The molecule has 0 radical (unpaired) electrons. The van der Waals surface area contributed by atoms with Crippen molar-refractivity contribution in [2.75, 3.05) is 12.0 Å². The van der Waals surface area contributed by atoms with E-state index in [0.29, 0.717) is 11.1 Å². The smallest absolute Gasteiger partial charge is 0.178 e. The summed E-state index contributed by atoms with van der Waals surface area (Å²) in [5.74, 6) is 0.204. The van der Waals surface area contributed by atoms with Crippen LogP contribution < -0.4 is 0 Å². The van der Waals surface area contributed by atoms with Crippen LogP contribution in [0.3, 0.4) is 0 Å². The van der Waals surface area contributed by atoms with E-state index in [-0.39, 0.29) is 4.90 Å². The van der Waals surface area contributed by atoms with E-state index in [2.05, 4.69) is 12.6 Å². The Morgan fingerprint density at radius 1 is 1.00 bits per heavy atom. The molecule has 0 spiro atoms. The van der Waals surface area contributed by atoms with Gasteiger partial charge < -0.3 is 4.42 Å². The Balaban J connectivity index is 0.000000817. The maximum atomic E-state index is 14.5. The minimum absolute atomic E-state index is 0.242. The van der Waals surface area contributed by atoms with E-state index in [9.17, 15) is 12.8 Å². The van der Waals surface area contributed by atoms with Gasteiger partial charge in [0.25, 0.3) is 0 Å². The van der Waals surface area contributed by atoms with E-state index < -0.39 is 15.7 Å². The molecule has 3 aromatic rings. The second kappa shape index (κ2) is 8.76. The van der Waals surface area contributed by atoms with Crippen LogP contribution in [0.5, 0.6) is 0 Å². The third-order valence-corrected chi connectivity index (χ3v) is 5.45. The number of halogens is 1. The van der Waals surface area contributed by atoms with Crippen LogP contribution in [0.25, 0.3) is 22.3 Å². The van der Waals surface area contributed by atoms with Crippen LogP contribution in [0.1, 0.15) is 18.1 Å². The molecule has 0 aliphatic carbocycles. The number of sulfone groups is 1. The van der Waals surface area contributed by atoms with Crippen LogP contribution >= 0.6 is 12.6 Å². The number of hydrogen-bond donors (Lipinski definition) is 1. The molecule has 0 aliphatic heterocycles. The largest absolute Gasteiger partial charge is 0.471 e. The van der Waals surface area contributed by atoms with E-state index in [1.807, 2.05) is 37.3 Å². The summed E-state index contributed by atoms with van der Waals surface area (Å²) in [5, 5.41) is 0. The van der Waals surface area contributed by atoms with Crippen molar-refractivity contribution in [1.82, 2.24) is 0 Å². The van der Waals surface area contributed by atoms with Gasteiger partial charge in [-0.25, -0.2) is 12.8 Å². The molecule has 0 atom stereocenters. The van der Waals surface area contributed by atoms with Crippen LogP contribution in [0.2, 0.25) is 0 Å². The number of hydrogen-bond acceptors (Lipinski definition) is 4. The molecular weight excluding hydrogens is 383 g/mol. The molecular formula is C21H23FO3S2. The molecule has 0 N–H and O–H groups in total. The fourth-order valence-electron chi connectivity index (χ4n) is 2.93. The summed E-state index contributed by atoms with van der Waals surface area (Å²) in [6, 6.07) is 10.9. The van der Waals surface area contributed by atoms with Crippen molar-refractivity contribution < 1.29 is 17.2 Å². The number of benzene rings is 2. The summed E-state index contributed by atoms with van der Waals surface area (Å²) < 4.78 is 43.6. The molecule has 144 valence electrons. The van der Waals surface area contributed by atoms with E-state index in [4.69, 9.17) is 4.42 Å². The quantitative estimate of drug-likeness (QED) is 0.567. The third-order valence-electron chi connectivity index (χ3n) is 4.20. The molecule has 2 aromatic carbocycles. The average Bonchev–Trinajstić information content (AvgIpc) is 3.08. The van der Waals surface area contributed by atoms with Crippen molar-refractivity contribution >= 4 is 22.5 Å². The molecule has 0 fully saturated rings. The first-order chi connectivity index (χ1) is 12.7. The van der Waals surface area contributed by atoms with Crippen LogP contribution in [-0.4, -0.2) is 20.4 Å². The highest BCUT2D eigenvalue weighted by molar-refractivity contribution is 7.90. The third kappa shape index (κ3) is 4.62. The SMILES string of the molecule is CCS.Cc1c(-c2cocc2-c2ccccc2)cc(F)c(S(C)(=O)=O)c1C. The normalized spacial score (nSPS) is 11.0. The number of thiol groups is 1. The van der Waals surface area contributed by atoms with Gasteiger partial charge in [-0.05, 0) is 47.9 Å². The summed E-state index contributed by atoms with van der Waals surface area (Å²) >= 11 is 3.79. The molecule has 6 heteroatoms. The van der Waals surface area contributed by atoms with Gasteiger partial charge in [0.1, 0.15) is 10.7 Å². The van der Waals surface area contributed by atoms with E-state index in [1.54, 1.807) is 26.4 Å². The minimum Gasteiger partial charge on any atom is -0.471 e. The first-order valence-corrected chi connectivity index (χ1v) is 11.0. The van der Waals surface area contributed by atoms with Gasteiger partial charge >= 0.3 is 0 Å². The lowest BCUT2D eigenvalue weighted by Gasteiger charge is -2.14. The first kappa shape index (κ1) is 21.3. The lowest BCUT2D eigenvalue weighted by molar-refractivity contribution is 0.567. The first-order valence-electron chi connectivity index (χ1n) is 8.44. The van der Waals surface area contributed by atoms with Crippen molar-refractivity contribution in [3.05, 3.63) is 65.9 Å². The van der Waals surface area contributed by atoms with Gasteiger partial charge in [-0.2, -0.15) is 12.6 Å². The van der Waals surface area contributed by atoms with Crippen molar-refractivity contribution in [2.24, 2.45) is 0 Å². The highest BCUT2D eigenvalue weighted by Gasteiger charge is 2.22. The van der Waals surface area contributed by atoms with Crippen molar-refractivity contribution in [2.45, 2.75) is 25.7 Å². The zero-order valence-electron chi connectivity index (χ0n) is 15.8. The van der Waals surface area contributed by atoms with Crippen molar-refractivity contribution in [3.8, 4) is 22.3 Å². The van der Waals surface area contributed by atoms with Gasteiger partial charge in [0, 0.05) is 17.4 Å². The van der Waals surface area contributed by atoms with E-state index in [1.165, 1.54) is 6.07 Å². The zero-order chi connectivity index (χ0) is 20.2. The van der Waals surface area contributed by atoms with Crippen LogP contribution in [0.15, 0.2) is 58.2 Å². The van der Waals surface area contributed by atoms with Gasteiger partial charge in [0.2, 0.25) is 0 Å². The van der Waals surface area contributed by atoms with Crippen LogP contribution in [-0.2, 0) is 9.84 Å². The highest BCUT2D eigenvalue weighted by atomic mass is 32.2. The predicted octanol–water partition coefficient (Wildman–Crippen LogP) is 5.71. The molecule has 1 aromatic heterocycles. The standard InChI is InChI=1S/C19H17FO3S.C2H6S/c1-12-13(2)19(24(3,21)22)18(20)9-15(12)17-11-23-10-16(17)14-7-5-4-6-8-14;1-2-3/h4-11H,1-3H3;3H,2H2,1H3. The Labute approximate surface area is 165 Å². The molecule has 0 unspecified atom stereocenters. The zero-order valence-corrected chi connectivity index (χ0v) is 17.5. The lowest BCUT2D eigenvalue weighted by Crippen LogP contribution is -2.06. The molecule has 3 nitrogen and oxygen atoms in total. The fourth-order valence-corrected chi connectivity index (χ4v) is 4.06. The second-order valence-corrected chi connectivity index (χ2v) is 8.72. The summed E-state index contributed by atoms with van der Waals surface area (Å²) in [6.07, 6.45) is 4.19. The molecule has 0 saturated heterocycles. The summed E-state index contributed by atoms with van der Waals surface area (Å²) in [5.41, 5.74) is 4.30. The summed E-state index contributed by atoms with van der Waals surface area (Å²) in [6.45, 7) is 5.41.